The summed E-state index contributed by atoms with van der Waals surface area (Å²) in [5.74, 6) is 0. The summed E-state index contributed by atoms with van der Waals surface area (Å²) < 4.78 is 1.40. The molecule has 1 heterocycles. The van der Waals surface area contributed by atoms with Crippen molar-refractivity contribution in [3.63, 3.8) is 0 Å². The van der Waals surface area contributed by atoms with Gasteiger partial charge in [0, 0.05) is 6.20 Å². The summed E-state index contributed by atoms with van der Waals surface area (Å²) in [7, 11) is 0. The summed E-state index contributed by atoms with van der Waals surface area (Å²) >= 11 is 0. The molecule has 41 valence electrons. The van der Waals surface area contributed by atoms with Gasteiger partial charge >= 0.3 is 0 Å². The molecule has 0 fully saturated rings. The van der Waals surface area contributed by atoms with E-state index in [1.807, 2.05) is 0 Å². The van der Waals surface area contributed by atoms with Crippen molar-refractivity contribution in [1.29, 1.82) is 0 Å². The van der Waals surface area contributed by atoms with Crippen molar-refractivity contribution < 1.29 is 4.79 Å². The van der Waals surface area contributed by atoms with Crippen molar-refractivity contribution in [3.05, 3.63) is 12.4 Å². The Bertz CT molecular complexity index is 158. The summed E-state index contributed by atoms with van der Waals surface area (Å²) in [4.78, 5) is 9.66. The molecule has 1 radical (unpaired) electrons. The van der Waals surface area contributed by atoms with E-state index in [0.29, 0.717) is 0 Å². The summed E-state index contributed by atoms with van der Waals surface area (Å²) in [6.07, 6.45) is 4.79. The Kier molecular flexibility index (Phi) is 1.37. The van der Waals surface area contributed by atoms with E-state index in [0.717, 1.165) is 0 Å². The van der Waals surface area contributed by atoms with Gasteiger partial charge in [0.15, 0.2) is 0 Å². The molecule has 0 bridgehead atoms. The van der Waals surface area contributed by atoms with Gasteiger partial charge in [-0.3, -0.25) is 4.79 Å². The molecule has 0 saturated carbocycles. The number of nitrogens with zero attached hydrogens (tertiary/aromatic N) is 3. The fraction of sp³-hybridized carbons (Fsp3) is 0.250. The van der Waals surface area contributed by atoms with Crippen LogP contribution in [0.2, 0.25) is 0 Å². The van der Waals surface area contributed by atoms with E-state index < -0.39 is 0 Å². The Morgan fingerprint density at radius 2 is 2.62 bits per heavy atom. The molecule has 0 aromatic carbocycles. The van der Waals surface area contributed by atoms with E-state index >= 15 is 0 Å². The van der Waals surface area contributed by atoms with Crippen molar-refractivity contribution in [2.24, 2.45) is 0 Å². The normalized spacial score (nSPS) is 9.00. The average Bonchev–Trinajstić information content (AvgIpc) is 2.19. The number of hydrogen-bond acceptors (Lipinski definition) is 3. The second-order valence-corrected chi connectivity index (χ2v) is 1.24. The van der Waals surface area contributed by atoms with E-state index in [2.05, 4.69) is 10.3 Å². The minimum atomic E-state index is 0.167. The molecule has 0 N–H and O–H groups in total. The lowest BCUT2D eigenvalue weighted by molar-refractivity contribution is 0.535. The first-order chi connectivity index (χ1) is 3.93. The van der Waals surface area contributed by atoms with Crippen molar-refractivity contribution >= 4 is 6.29 Å². The first-order valence-electron chi connectivity index (χ1n) is 2.12. The van der Waals surface area contributed by atoms with Crippen LogP contribution in [0.25, 0.3) is 0 Å². The van der Waals surface area contributed by atoms with Crippen LogP contribution in [0.3, 0.4) is 0 Å². The minimum absolute atomic E-state index is 0.167. The Balaban J connectivity index is 2.62. The second-order valence-electron chi connectivity index (χ2n) is 1.24. The monoisotopic (exact) mass is 110 g/mol. The van der Waals surface area contributed by atoms with Gasteiger partial charge in [-0.2, -0.15) is 0 Å². The smallest absolute Gasteiger partial charge is 0.221 e. The molecule has 4 nitrogen and oxygen atoms in total. The first-order valence-corrected chi connectivity index (χ1v) is 2.12. The molecule has 0 aliphatic heterocycles. The van der Waals surface area contributed by atoms with Gasteiger partial charge in [0.1, 0.15) is 6.54 Å². The summed E-state index contributed by atoms with van der Waals surface area (Å²) in [5, 5.41) is 6.98. The van der Waals surface area contributed by atoms with E-state index in [9.17, 15) is 4.79 Å². The molecular weight excluding hydrogens is 106 g/mol. The molecule has 0 amide bonds. The Labute approximate surface area is 46.1 Å². The first kappa shape index (κ1) is 4.96. The van der Waals surface area contributed by atoms with Gasteiger partial charge in [0.05, 0.1) is 6.20 Å². The fourth-order valence-electron chi connectivity index (χ4n) is 0.383. The molecule has 1 aromatic rings. The third kappa shape index (κ3) is 0.900. The van der Waals surface area contributed by atoms with E-state index in [-0.39, 0.29) is 6.54 Å². The highest BCUT2D eigenvalue weighted by molar-refractivity contribution is 5.49. The minimum Gasteiger partial charge on any atom is -0.289 e. The van der Waals surface area contributed by atoms with Gasteiger partial charge < -0.3 is 0 Å². The predicted molar refractivity (Wildman–Crippen MR) is 25.7 cm³/mol. The van der Waals surface area contributed by atoms with Crippen molar-refractivity contribution in [2.45, 2.75) is 6.54 Å². The zero-order chi connectivity index (χ0) is 5.82. The maximum Gasteiger partial charge on any atom is 0.221 e. The maximum atomic E-state index is 9.66. The lowest BCUT2D eigenvalue weighted by Gasteiger charge is -1.83. The average molecular weight is 110 g/mol. The van der Waals surface area contributed by atoms with E-state index in [1.54, 1.807) is 12.5 Å². The number of rotatable bonds is 2. The zero-order valence-corrected chi connectivity index (χ0v) is 4.11. The highest BCUT2D eigenvalue weighted by Gasteiger charge is 1.85. The van der Waals surface area contributed by atoms with Crippen LogP contribution in [0, 0.1) is 0 Å². The van der Waals surface area contributed by atoms with Crippen LogP contribution in [0.1, 0.15) is 0 Å². The largest absolute Gasteiger partial charge is 0.289 e. The molecule has 0 aliphatic carbocycles. The lowest BCUT2D eigenvalue weighted by atomic mass is 10.7. The Morgan fingerprint density at radius 3 is 3.12 bits per heavy atom. The molecule has 0 unspecified atom stereocenters. The Hall–Kier alpha value is -1.19. The molecule has 0 spiro atoms. The summed E-state index contributed by atoms with van der Waals surface area (Å²) in [6, 6.07) is 0. The van der Waals surface area contributed by atoms with Crippen LogP contribution in [0.15, 0.2) is 12.4 Å². The summed E-state index contributed by atoms with van der Waals surface area (Å²) in [6.45, 7) is 0.167. The van der Waals surface area contributed by atoms with Crippen LogP contribution in [-0.2, 0) is 11.3 Å². The zero-order valence-electron chi connectivity index (χ0n) is 4.11. The quantitative estimate of drug-likeness (QED) is 0.510. The molecule has 0 saturated heterocycles. The molecule has 0 aliphatic rings. The number of carbonyl (C=O) groups excluding carboxylic acids is 1. The highest BCUT2D eigenvalue weighted by Crippen LogP contribution is 1.74. The topological polar surface area (TPSA) is 47.8 Å². The Morgan fingerprint density at radius 1 is 1.75 bits per heavy atom. The van der Waals surface area contributed by atoms with Gasteiger partial charge in [0.25, 0.3) is 0 Å². The second kappa shape index (κ2) is 2.20. The van der Waals surface area contributed by atoms with Crippen molar-refractivity contribution in [1.82, 2.24) is 15.0 Å². The fourth-order valence-corrected chi connectivity index (χ4v) is 0.383. The van der Waals surface area contributed by atoms with Crippen LogP contribution in [0.4, 0.5) is 0 Å². The van der Waals surface area contributed by atoms with Gasteiger partial charge in [0.2, 0.25) is 6.29 Å². The van der Waals surface area contributed by atoms with E-state index in [4.69, 9.17) is 0 Å². The third-order valence-corrected chi connectivity index (χ3v) is 0.698. The van der Waals surface area contributed by atoms with Gasteiger partial charge in [-0.05, 0) is 0 Å². The number of aromatic nitrogens is 3. The van der Waals surface area contributed by atoms with Crippen LogP contribution >= 0.6 is 0 Å². The van der Waals surface area contributed by atoms with Gasteiger partial charge in [-0.15, -0.1) is 5.10 Å². The third-order valence-electron chi connectivity index (χ3n) is 0.698. The SMILES string of the molecule is O=[C]Cn1ccnn1. The van der Waals surface area contributed by atoms with Gasteiger partial charge in [-0.1, -0.05) is 5.21 Å². The summed E-state index contributed by atoms with van der Waals surface area (Å²) in [5.41, 5.74) is 0. The van der Waals surface area contributed by atoms with Crippen molar-refractivity contribution in [3.8, 4) is 0 Å². The molecule has 4 heteroatoms. The molecule has 8 heavy (non-hydrogen) atoms. The van der Waals surface area contributed by atoms with Crippen LogP contribution < -0.4 is 0 Å². The highest BCUT2D eigenvalue weighted by atomic mass is 16.1. The van der Waals surface area contributed by atoms with E-state index in [1.165, 1.54) is 10.9 Å². The van der Waals surface area contributed by atoms with Gasteiger partial charge in [-0.25, -0.2) is 4.68 Å². The molecule has 0 atom stereocenters. The predicted octanol–water partition coefficient (Wildman–Crippen LogP) is -0.612. The molecular formula is C4H4N3O. The van der Waals surface area contributed by atoms with Crippen LogP contribution in [-0.4, -0.2) is 21.3 Å². The van der Waals surface area contributed by atoms with Crippen LogP contribution in [0.5, 0.6) is 0 Å². The maximum absolute atomic E-state index is 9.66. The van der Waals surface area contributed by atoms with Crippen molar-refractivity contribution in [2.75, 3.05) is 0 Å². The number of hydrogen-bond donors (Lipinski definition) is 0. The standard InChI is InChI=1S/C4H4N3O/c8-4-3-7-2-1-5-6-7/h1-2H,3H2. The lowest BCUT2D eigenvalue weighted by Crippen LogP contribution is -1.98. The molecule has 1 aromatic heterocycles. The molecule has 1 rings (SSSR count).